The van der Waals surface area contributed by atoms with E-state index < -0.39 is 0 Å². The van der Waals surface area contributed by atoms with E-state index in [4.69, 9.17) is 14.0 Å². The number of aromatic nitrogens is 1. The lowest BCUT2D eigenvalue weighted by molar-refractivity contribution is 0.301. The zero-order valence-electron chi connectivity index (χ0n) is 19.3. The van der Waals surface area contributed by atoms with Gasteiger partial charge in [0, 0.05) is 5.56 Å². The minimum absolute atomic E-state index is 0.303. The third kappa shape index (κ3) is 4.40. The second-order valence-corrected chi connectivity index (χ2v) is 8.32. The molecule has 32 heavy (non-hydrogen) atoms. The summed E-state index contributed by atoms with van der Waals surface area (Å²) in [7, 11) is 1.67. The summed E-state index contributed by atoms with van der Waals surface area (Å²) in [6.07, 6.45) is 0. The lowest BCUT2D eigenvalue weighted by Crippen LogP contribution is -2.02. The van der Waals surface area contributed by atoms with Gasteiger partial charge in [-0.1, -0.05) is 61.5 Å². The molecule has 164 valence electrons. The molecule has 0 saturated heterocycles. The molecule has 0 radical (unpaired) electrons. The van der Waals surface area contributed by atoms with Crippen LogP contribution < -0.4 is 9.47 Å². The van der Waals surface area contributed by atoms with Gasteiger partial charge in [0.15, 0.2) is 0 Å². The summed E-state index contributed by atoms with van der Waals surface area (Å²) in [5.41, 5.74) is 7.37. The van der Waals surface area contributed by atoms with Crippen LogP contribution in [0, 0.1) is 13.8 Å². The molecule has 0 amide bonds. The quantitative estimate of drug-likeness (QED) is 0.309. The van der Waals surface area contributed by atoms with Gasteiger partial charge in [-0.15, -0.1) is 0 Å². The van der Waals surface area contributed by atoms with Crippen LogP contribution in [0.4, 0.5) is 0 Å². The molecule has 4 heteroatoms. The summed E-state index contributed by atoms with van der Waals surface area (Å²) in [5, 5.41) is 4.44. The van der Waals surface area contributed by atoms with Crippen molar-refractivity contribution in [3.8, 4) is 33.9 Å². The molecule has 0 aliphatic rings. The van der Waals surface area contributed by atoms with Crippen LogP contribution in [0.25, 0.3) is 22.4 Å². The normalized spacial score (nSPS) is 11.1. The molecule has 0 atom stereocenters. The molecule has 0 fully saturated rings. The highest BCUT2D eigenvalue weighted by Gasteiger charge is 2.21. The van der Waals surface area contributed by atoms with Crippen molar-refractivity contribution in [2.75, 3.05) is 7.11 Å². The van der Waals surface area contributed by atoms with Gasteiger partial charge in [0.05, 0.1) is 12.7 Å². The predicted molar refractivity (Wildman–Crippen MR) is 128 cm³/mol. The van der Waals surface area contributed by atoms with E-state index in [0.29, 0.717) is 12.5 Å². The molecule has 0 saturated carbocycles. The summed E-state index contributed by atoms with van der Waals surface area (Å²) < 4.78 is 17.2. The van der Waals surface area contributed by atoms with Crippen LogP contribution >= 0.6 is 0 Å². The van der Waals surface area contributed by atoms with E-state index in [1.807, 2.05) is 49.4 Å². The van der Waals surface area contributed by atoms with Crippen molar-refractivity contribution < 1.29 is 14.0 Å². The molecule has 4 rings (SSSR count). The van der Waals surface area contributed by atoms with E-state index in [9.17, 15) is 0 Å². The van der Waals surface area contributed by atoms with Gasteiger partial charge in [-0.2, -0.15) is 0 Å². The van der Waals surface area contributed by atoms with Gasteiger partial charge in [-0.05, 0) is 66.3 Å². The zero-order chi connectivity index (χ0) is 22.7. The Labute approximate surface area is 189 Å². The van der Waals surface area contributed by atoms with Crippen molar-refractivity contribution in [3.05, 3.63) is 89.2 Å². The fraction of sp³-hybridized carbons (Fsp3) is 0.250. The maximum Gasteiger partial charge on any atom is 0.142 e. The molecule has 0 aliphatic carbocycles. The Morgan fingerprint density at radius 3 is 2.31 bits per heavy atom. The van der Waals surface area contributed by atoms with Crippen molar-refractivity contribution >= 4 is 0 Å². The Bertz CT molecular complexity index is 1190. The number of nitrogens with zero attached hydrogens (tertiary/aromatic N) is 1. The van der Waals surface area contributed by atoms with Crippen LogP contribution in [0.3, 0.4) is 0 Å². The predicted octanol–water partition coefficient (Wildman–Crippen LogP) is 7.34. The van der Waals surface area contributed by atoms with E-state index in [0.717, 1.165) is 56.3 Å². The Hall–Kier alpha value is -3.53. The van der Waals surface area contributed by atoms with E-state index in [1.165, 1.54) is 0 Å². The largest absolute Gasteiger partial charge is 0.497 e. The minimum Gasteiger partial charge on any atom is -0.497 e. The third-order valence-corrected chi connectivity index (χ3v) is 5.71. The fourth-order valence-corrected chi connectivity index (χ4v) is 3.92. The van der Waals surface area contributed by atoms with Gasteiger partial charge in [-0.3, -0.25) is 0 Å². The fourth-order valence-electron chi connectivity index (χ4n) is 3.92. The first-order valence-electron chi connectivity index (χ1n) is 10.9. The summed E-state index contributed by atoms with van der Waals surface area (Å²) in [4.78, 5) is 0. The molecular weight excluding hydrogens is 398 g/mol. The SMILES string of the molecule is COc1ccc(-c2c(-c3cc(C(C)C)c(OCc4ccccc4)cc3C)noc2C)cc1. The summed E-state index contributed by atoms with van der Waals surface area (Å²) in [6, 6.07) is 22.5. The number of hydrogen-bond donors (Lipinski definition) is 0. The van der Waals surface area contributed by atoms with E-state index >= 15 is 0 Å². The number of ether oxygens (including phenoxy) is 2. The van der Waals surface area contributed by atoms with Gasteiger partial charge < -0.3 is 14.0 Å². The van der Waals surface area contributed by atoms with E-state index in [1.54, 1.807) is 7.11 Å². The van der Waals surface area contributed by atoms with Crippen molar-refractivity contribution in [3.63, 3.8) is 0 Å². The second kappa shape index (κ2) is 9.31. The van der Waals surface area contributed by atoms with Crippen molar-refractivity contribution in [2.24, 2.45) is 0 Å². The number of hydrogen-bond acceptors (Lipinski definition) is 4. The van der Waals surface area contributed by atoms with Crippen LogP contribution in [0.2, 0.25) is 0 Å². The van der Waals surface area contributed by atoms with Gasteiger partial charge in [0.25, 0.3) is 0 Å². The Morgan fingerprint density at radius 2 is 1.66 bits per heavy atom. The molecular formula is C28H29NO3. The molecule has 1 heterocycles. The summed E-state index contributed by atoms with van der Waals surface area (Å²) >= 11 is 0. The highest BCUT2D eigenvalue weighted by molar-refractivity contribution is 5.84. The number of rotatable bonds is 7. The number of methoxy groups -OCH3 is 1. The van der Waals surface area contributed by atoms with Gasteiger partial charge in [0.2, 0.25) is 0 Å². The first kappa shape index (κ1) is 21.7. The average Bonchev–Trinajstić information content (AvgIpc) is 3.19. The first-order chi connectivity index (χ1) is 15.5. The molecule has 0 spiro atoms. The van der Waals surface area contributed by atoms with Crippen molar-refractivity contribution in [1.82, 2.24) is 5.16 Å². The van der Waals surface area contributed by atoms with Crippen LogP contribution in [-0.2, 0) is 6.61 Å². The molecule has 4 aromatic rings. The zero-order valence-corrected chi connectivity index (χ0v) is 19.3. The Morgan fingerprint density at radius 1 is 0.938 bits per heavy atom. The summed E-state index contributed by atoms with van der Waals surface area (Å²) in [6.45, 7) is 8.95. The first-order valence-corrected chi connectivity index (χ1v) is 10.9. The Kier molecular flexibility index (Phi) is 6.31. The van der Waals surface area contributed by atoms with Crippen molar-refractivity contribution in [2.45, 2.75) is 40.2 Å². The van der Waals surface area contributed by atoms with E-state index in [2.05, 4.69) is 50.2 Å². The molecule has 1 aromatic heterocycles. The highest BCUT2D eigenvalue weighted by Crippen LogP contribution is 2.40. The lowest BCUT2D eigenvalue weighted by atomic mass is 9.92. The molecule has 0 bridgehead atoms. The van der Waals surface area contributed by atoms with Crippen LogP contribution in [0.15, 0.2) is 71.3 Å². The van der Waals surface area contributed by atoms with Gasteiger partial charge in [0.1, 0.15) is 29.6 Å². The lowest BCUT2D eigenvalue weighted by Gasteiger charge is -2.18. The minimum atomic E-state index is 0.303. The Balaban J connectivity index is 1.74. The molecule has 3 aromatic carbocycles. The average molecular weight is 428 g/mol. The topological polar surface area (TPSA) is 44.5 Å². The number of benzene rings is 3. The second-order valence-electron chi connectivity index (χ2n) is 8.32. The number of aryl methyl sites for hydroxylation is 2. The molecule has 4 nitrogen and oxygen atoms in total. The van der Waals surface area contributed by atoms with Crippen molar-refractivity contribution in [1.29, 1.82) is 0 Å². The van der Waals surface area contributed by atoms with E-state index in [-0.39, 0.29) is 0 Å². The van der Waals surface area contributed by atoms with Crippen LogP contribution in [0.1, 0.15) is 42.2 Å². The van der Waals surface area contributed by atoms with Crippen LogP contribution in [-0.4, -0.2) is 12.3 Å². The standard InChI is InChI=1S/C28H29NO3/c1-18(2)24-16-25(19(3)15-26(24)31-17-21-9-7-6-8-10-21)28-27(20(4)32-29-28)22-11-13-23(30-5)14-12-22/h6-16,18H,17H2,1-5H3. The molecule has 0 unspecified atom stereocenters. The maximum atomic E-state index is 6.24. The smallest absolute Gasteiger partial charge is 0.142 e. The van der Waals surface area contributed by atoms with Crippen LogP contribution in [0.5, 0.6) is 11.5 Å². The molecule has 0 aliphatic heterocycles. The maximum absolute atomic E-state index is 6.24. The van der Waals surface area contributed by atoms with Gasteiger partial charge >= 0.3 is 0 Å². The summed E-state index contributed by atoms with van der Waals surface area (Å²) in [5.74, 6) is 2.83. The molecule has 0 N–H and O–H groups in total. The highest BCUT2D eigenvalue weighted by atomic mass is 16.5. The monoisotopic (exact) mass is 427 g/mol. The third-order valence-electron chi connectivity index (χ3n) is 5.71. The van der Waals surface area contributed by atoms with Gasteiger partial charge in [-0.25, -0.2) is 0 Å².